The van der Waals surface area contributed by atoms with Crippen molar-refractivity contribution in [3.05, 3.63) is 70.2 Å². The first-order valence-corrected chi connectivity index (χ1v) is 7.89. The Morgan fingerprint density at radius 1 is 1.05 bits per heavy atom. The van der Waals surface area contributed by atoms with Gasteiger partial charge < -0.3 is 9.64 Å². The smallest absolute Gasteiger partial charge is 0.209 e. The third-order valence-electron chi connectivity index (χ3n) is 2.75. The number of carbonyl (C=O) groups excluding carboxylic acids is 1. The largest absolute Gasteiger partial charge is 0.376 e. The summed E-state index contributed by atoms with van der Waals surface area (Å²) in [7, 11) is 3.38. The summed E-state index contributed by atoms with van der Waals surface area (Å²) in [5, 5.41) is 0. The molecule has 118 valence electrons. The van der Waals surface area contributed by atoms with Gasteiger partial charge in [-0.1, -0.05) is 58.4 Å². The lowest BCUT2D eigenvalue weighted by Gasteiger charge is -2.05. The molecule has 0 atom stereocenters. The number of hydrogen-bond donors (Lipinski definition) is 0. The maximum atomic E-state index is 9.43. The van der Waals surface area contributed by atoms with Gasteiger partial charge in [0, 0.05) is 18.6 Å². The number of carbonyl (C=O) groups is 1. The van der Waals surface area contributed by atoms with Gasteiger partial charge in [0.2, 0.25) is 6.41 Å². The van der Waals surface area contributed by atoms with Crippen LogP contribution in [0.3, 0.4) is 0 Å². The monoisotopic (exact) mass is 363 g/mol. The molecule has 22 heavy (non-hydrogen) atoms. The Balaban J connectivity index is 0.000000422. The van der Waals surface area contributed by atoms with Crippen LogP contribution in [0.2, 0.25) is 0 Å². The zero-order chi connectivity index (χ0) is 16.2. The lowest BCUT2D eigenvalue weighted by atomic mass is 10.2. The number of rotatable bonds is 6. The van der Waals surface area contributed by atoms with Crippen molar-refractivity contribution in [2.75, 3.05) is 20.7 Å². The van der Waals surface area contributed by atoms with Crippen molar-refractivity contribution in [1.29, 1.82) is 0 Å². The summed E-state index contributed by atoms with van der Waals surface area (Å²) in [6, 6.07) is 18.6. The fourth-order valence-corrected chi connectivity index (χ4v) is 2.09. The van der Waals surface area contributed by atoms with Crippen LogP contribution < -0.4 is 0 Å². The minimum Gasteiger partial charge on any atom is -0.376 e. The van der Waals surface area contributed by atoms with Crippen molar-refractivity contribution in [1.82, 2.24) is 4.90 Å². The molecule has 2 aromatic carbocycles. The lowest BCUT2D eigenvalue weighted by Crippen LogP contribution is -2.06. The lowest BCUT2D eigenvalue weighted by molar-refractivity contribution is -0.115. The summed E-state index contributed by atoms with van der Waals surface area (Å²) in [6.45, 7) is 1.44. The summed E-state index contributed by atoms with van der Waals surface area (Å²) in [5.74, 6) is 0. The summed E-state index contributed by atoms with van der Waals surface area (Å²) >= 11 is 3.47. The molecular formula is C18H22BrNO2. The number of halogens is 1. The zero-order valence-electron chi connectivity index (χ0n) is 13.0. The highest BCUT2D eigenvalue weighted by molar-refractivity contribution is 9.10. The molecule has 0 aromatic heterocycles. The molecule has 0 spiro atoms. The Morgan fingerprint density at radius 3 is 2.27 bits per heavy atom. The normalized spacial score (nSPS) is 9.59. The van der Waals surface area contributed by atoms with Crippen LogP contribution in [0, 0.1) is 0 Å². The highest BCUT2D eigenvalue weighted by atomic mass is 79.9. The molecule has 2 rings (SSSR count). The molecular weight excluding hydrogens is 342 g/mol. The highest BCUT2D eigenvalue weighted by Crippen LogP contribution is 2.12. The van der Waals surface area contributed by atoms with Crippen LogP contribution >= 0.6 is 15.9 Å². The van der Waals surface area contributed by atoms with Crippen LogP contribution in [0.15, 0.2) is 59.1 Å². The molecule has 2 aromatic rings. The van der Waals surface area contributed by atoms with E-state index in [0.29, 0.717) is 6.61 Å². The van der Waals surface area contributed by atoms with Gasteiger partial charge in [0.25, 0.3) is 0 Å². The van der Waals surface area contributed by atoms with E-state index in [1.54, 1.807) is 14.1 Å². The second-order valence-electron chi connectivity index (χ2n) is 4.99. The Labute approximate surface area is 141 Å². The van der Waals surface area contributed by atoms with Gasteiger partial charge >= 0.3 is 0 Å². The molecule has 0 bridgehead atoms. The van der Waals surface area contributed by atoms with E-state index < -0.39 is 0 Å². The fourth-order valence-electron chi connectivity index (χ4n) is 1.65. The number of benzene rings is 2. The molecule has 0 unspecified atom stereocenters. The minimum absolute atomic E-state index is 0.689. The standard InChI is InChI=1S/C15H15BrO.C3H7NO/c16-15-8-4-7-13(11-15)9-10-17-12-14-5-2-1-3-6-14;1-4(2)3-5/h1-8,11H,9-10,12H2;3H,1-2H3. The molecule has 0 saturated carbocycles. The van der Waals surface area contributed by atoms with Gasteiger partial charge in [0.1, 0.15) is 0 Å². The molecule has 0 aliphatic rings. The molecule has 0 radical (unpaired) electrons. The molecule has 1 amide bonds. The third-order valence-corrected chi connectivity index (χ3v) is 3.24. The Morgan fingerprint density at radius 2 is 1.68 bits per heavy atom. The van der Waals surface area contributed by atoms with Gasteiger partial charge in [-0.25, -0.2) is 0 Å². The van der Waals surface area contributed by atoms with E-state index in [1.165, 1.54) is 16.0 Å². The maximum absolute atomic E-state index is 9.43. The fraction of sp³-hybridized carbons (Fsp3) is 0.278. The first-order valence-electron chi connectivity index (χ1n) is 7.09. The van der Waals surface area contributed by atoms with Crippen LogP contribution in [-0.4, -0.2) is 32.0 Å². The van der Waals surface area contributed by atoms with Gasteiger partial charge in [-0.2, -0.15) is 0 Å². The number of ether oxygens (including phenoxy) is 1. The molecule has 0 fully saturated rings. The molecule has 4 heteroatoms. The summed E-state index contributed by atoms with van der Waals surface area (Å²) in [4.78, 5) is 10.9. The van der Waals surface area contributed by atoms with Crippen molar-refractivity contribution in [3.63, 3.8) is 0 Å². The van der Waals surface area contributed by atoms with E-state index in [0.717, 1.165) is 23.9 Å². The van der Waals surface area contributed by atoms with Crippen molar-refractivity contribution in [3.8, 4) is 0 Å². The number of hydrogen-bond acceptors (Lipinski definition) is 2. The van der Waals surface area contributed by atoms with Crippen molar-refractivity contribution < 1.29 is 9.53 Å². The third kappa shape index (κ3) is 8.60. The topological polar surface area (TPSA) is 29.5 Å². The number of amides is 1. The Hall–Kier alpha value is -1.65. The van der Waals surface area contributed by atoms with E-state index in [1.807, 2.05) is 24.3 Å². The first-order chi connectivity index (χ1) is 10.6. The van der Waals surface area contributed by atoms with Crippen LogP contribution in [0.1, 0.15) is 11.1 Å². The average molecular weight is 364 g/mol. The summed E-state index contributed by atoms with van der Waals surface area (Å²) < 4.78 is 6.77. The predicted molar refractivity (Wildman–Crippen MR) is 93.7 cm³/mol. The molecule has 0 aliphatic heterocycles. The van der Waals surface area contributed by atoms with Crippen molar-refractivity contribution in [2.24, 2.45) is 0 Å². The Bertz CT molecular complexity index is 544. The highest BCUT2D eigenvalue weighted by Gasteiger charge is 1.95. The minimum atomic E-state index is 0.689. The van der Waals surface area contributed by atoms with E-state index in [2.05, 4.69) is 46.3 Å². The number of nitrogens with zero attached hydrogens (tertiary/aromatic N) is 1. The van der Waals surface area contributed by atoms with Crippen molar-refractivity contribution in [2.45, 2.75) is 13.0 Å². The molecule has 0 aliphatic carbocycles. The molecule has 3 nitrogen and oxygen atoms in total. The van der Waals surface area contributed by atoms with E-state index in [9.17, 15) is 4.79 Å². The van der Waals surface area contributed by atoms with Crippen LogP contribution in [-0.2, 0) is 22.6 Å². The van der Waals surface area contributed by atoms with E-state index in [-0.39, 0.29) is 0 Å². The maximum Gasteiger partial charge on any atom is 0.209 e. The zero-order valence-corrected chi connectivity index (χ0v) is 14.6. The van der Waals surface area contributed by atoms with E-state index >= 15 is 0 Å². The van der Waals surface area contributed by atoms with Crippen LogP contribution in [0.5, 0.6) is 0 Å². The molecule has 0 saturated heterocycles. The van der Waals surface area contributed by atoms with Gasteiger partial charge in [-0.15, -0.1) is 0 Å². The first kappa shape index (κ1) is 18.4. The van der Waals surface area contributed by atoms with Crippen LogP contribution in [0.25, 0.3) is 0 Å². The Kier molecular flexibility index (Phi) is 9.19. The van der Waals surface area contributed by atoms with Crippen LogP contribution in [0.4, 0.5) is 0 Å². The summed E-state index contributed by atoms with van der Waals surface area (Å²) in [5.41, 5.74) is 2.52. The second-order valence-corrected chi connectivity index (χ2v) is 5.90. The van der Waals surface area contributed by atoms with Gasteiger partial charge in [-0.3, -0.25) is 4.79 Å². The predicted octanol–water partition coefficient (Wildman–Crippen LogP) is 3.91. The van der Waals surface area contributed by atoms with Crippen molar-refractivity contribution >= 4 is 22.3 Å². The quantitative estimate of drug-likeness (QED) is 0.575. The SMILES string of the molecule is Brc1cccc(CCOCc2ccccc2)c1.CN(C)C=O. The van der Waals surface area contributed by atoms with Gasteiger partial charge in [0.15, 0.2) is 0 Å². The molecule has 0 heterocycles. The second kappa shape index (κ2) is 11.0. The molecule has 0 N–H and O–H groups in total. The van der Waals surface area contributed by atoms with Gasteiger partial charge in [0.05, 0.1) is 13.2 Å². The van der Waals surface area contributed by atoms with E-state index in [4.69, 9.17) is 4.74 Å². The summed E-state index contributed by atoms with van der Waals surface area (Å²) in [6.07, 6.45) is 1.70. The van der Waals surface area contributed by atoms with Gasteiger partial charge in [-0.05, 0) is 29.7 Å². The average Bonchev–Trinajstić information content (AvgIpc) is 2.53.